The molecule has 2 aromatic heterocycles. The molecule has 0 aliphatic carbocycles. The lowest BCUT2D eigenvalue weighted by molar-refractivity contribution is 0.0522. The Hall–Kier alpha value is -2.90. The summed E-state index contributed by atoms with van der Waals surface area (Å²) in [5, 5.41) is 8.22. The van der Waals surface area contributed by atoms with Crippen LogP contribution in [0.5, 0.6) is 11.8 Å². The number of amides is 1. The number of piperidine rings is 1. The van der Waals surface area contributed by atoms with Crippen LogP contribution in [0.25, 0.3) is 0 Å². The van der Waals surface area contributed by atoms with Crippen molar-refractivity contribution in [3.8, 4) is 11.8 Å². The predicted octanol–water partition coefficient (Wildman–Crippen LogP) is 1.63. The number of ether oxygens (including phenoxy) is 2. The number of anilines is 1. The van der Waals surface area contributed by atoms with Crippen molar-refractivity contribution in [2.45, 2.75) is 18.9 Å². The maximum absolute atomic E-state index is 12.8. The number of hydrogen-bond donors (Lipinski definition) is 0. The van der Waals surface area contributed by atoms with Crippen LogP contribution in [0.3, 0.4) is 0 Å². The molecule has 1 fully saturated rings. The Morgan fingerprint density at radius 2 is 2.12 bits per heavy atom. The lowest BCUT2D eigenvalue weighted by Gasteiger charge is -2.32. The monoisotopic (exact) mass is 357 g/mol. The summed E-state index contributed by atoms with van der Waals surface area (Å²) in [6.07, 6.45) is 3.22. The summed E-state index contributed by atoms with van der Waals surface area (Å²) in [7, 11) is 5.32. The van der Waals surface area contributed by atoms with Crippen molar-refractivity contribution in [1.82, 2.24) is 20.1 Å². The van der Waals surface area contributed by atoms with Crippen LogP contribution in [0.1, 0.15) is 23.2 Å². The van der Waals surface area contributed by atoms with E-state index in [0.29, 0.717) is 30.4 Å². The Kier molecular flexibility index (Phi) is 5.50. The topological polar surface area (TPSA) is 80.7 Å². The van der Waals surface area contributed by atoms with Crippen molar-refractivity contribution >= 4 is 11.7 Å². The molecule has 0 N–H and O–H groups in total. The zero-order valence-electron chi connectivity index (χ0n) is 15.3. The predicted molar refractivity (Wildman–Crippen MR) is 96.7 cm³/mol. The number of likely N-dealkylation sites (tertiary alicyclic amines) is 1. The standard InChI is InChI=1S/C18H23N5O3/c1-22(2)15-8-9-16(21-20-15)26-13-6-5-11-23(12-13)18(24)14-7-4-10-19-17(14)25-3/h4,7-10,13H,5-6,11-12H2,1-3H3. The Morgan fingerprint density at radius 3 is 2.81 bits per heavy atom. The molecule has 8 nitrogen and oxygen atoms in total. The van der Waals surface area contributed by atoms with Gasteiger partial charge in [0.1, 0.15) is 11.7 Å². The third-order valence-corrected chi connectivity index (χ3v) is 4.23. The summed E-state index contributed by atoms with van der Waals surface area (Å²) in [6, 6.07) is 7.11. The molecule has 1 saturated heterocycles. The van der Waals surface area contributed by atoms with Gasteiger partial charge in [0, 0.05) is 32.9 Å². The molecule has 138 valence electrons. The number of pyridine rings is 1. The third-order valence-electron chi connectivity index (χ3n) is 4.23. The SMILES string of the molecule is COc1ncccc1C(=O)N1CCCC(Oc2ccc(N(C)C)nn2)C1. The Balaban J connectivity index is 1.66. The van der Waals surface area contributed by atoms with Gasteiger partial charge in [0.15, 0.2) is 5.82 Å². The second-order valence-electron chi connectivity index (χ2n) is 6.32. The van der Waals surface area contributed by atoms with Gasteiger partial charge in [-0.25, -0.2) is 4.98 Å². The zero-order chi connectivity index (χ0) is 18.5. The molecule has 8 heteroatoms. The fraction of sp³-hybridized carbons (Fsp3) is 0.444. The first-order valence-electron chi connectivity index (χ1n) is 8.54. The Bertz CT molecular complexity index is 751. The highest BCUT2D eigenvalue weighted by Crippen LogP contribution is 2.22. The number of hydrogen-bond acceptors (Lipinski definition) is 7. The summed E-state index contributed by atoms with van der Waals surface area (Å²) in [4.78, 5) is 20.6. The maximum Gasteiger partial charge on any atom is 0.259 e. The van der Waals surface area contributed by atoms with Crippen molar-refractivity contribution in [3.63, 3.8) is 0 Å². The second kappa shape index (κ2) is 7.99. The van der Waals surface area contributed by atoms with Gasteiger partial charge in [0.05, 0.1) is 13.7 Å². The largest absolute Gasteiger partial charge is 0.480 e. The van der Waals surface area contributed by atoms with E-state index in [4.69, 9.17) is 9.47 Å². The molecular weight excluding hydrogens is 334 g/mol. The third kappa shape index (κ3) is 4.01. The fourth-order valence-corrected chi connectivity index (χ4v) is 2.89. The molecule has 0 radical (unpaired) electrons. The lowest BCUT2D eigenvalue weighted by Crippen LogP contribution is -2.44. The van der Waals surface area contributed by atoms with Crippen LogP contribution in [-0.4, -0.2) is 66.4 Å². The molecule has 0 saturated carbocycles. The highest BCUT2D eigenvalue weighted by Gasteiger charge is 2.27. The first-order valence-corrected chi connectivity index (χ1v) is 8.54. The van der Waals surface area contributed by atoms with Crippen molar-refractivity contribution in [2.24, 2.45) is 0 Å². The maximum atomic E-state index is 12.8. The fourth-order valence-electron chi connectivity index (χ4n) is 2.89. The molecule has 0 bridgehead atoms. The summed E-state index contributed by atoms with van der Waals surface area (Å²) < 4.78 is 11.1. The highest BCUT2D eigenvalue weighted by atomic mass is 16.5. The van der Waals surface area contributed by atoms with Gasteiger partial charge in [0.2, 0.25) is 11.8 Å². The molecule has 3 rings (SSSR count). The van der Waals surface area contributed by atoms with Crippen LogP contribution in [0.4, 0.5) is 5.82 Å². The van der Waals surface area contributed by atoms with Gasteiger partial charge in [-0.1, -0.05) is 0 Å². The number of carbonyl (C=O) groups is 1. The molecule has 1 amide bonds. The zero-order valence-corrected chi connectivity index (χ0v) is 15.3. The van der Waals surface area contributed by atoms with Crippen molar-refractivity contribution < 1.29 is 14.3 Å². The van der Waals surface area contributed by atoms with Gasteiger partial charge >= 0.3 is 0 Å². The van der Waals surface area contributed by atoms with E-state index in [1.807, 2.05) is 25.1 Å². The minimum absolute atomic E-state index is 0.0997. The smallest absolute Gasteiger partial charge is 0.259 e. The number of aromatic nitrogens is 3. The molecular formula is C18H23N5O3. The van der Waals surface area contributed by atoms with E-state index in [1.54, 1.807) is 29.3 Å². The van der Waals surface area contributed by atoms with Crippen molar-refractivity contribution in [2.75, 3.05) is 39.2 Å². The van der Waals surface area contributed by atoms with Gasteiger partial charge in [-0.2, -0.15) is 0 Å². The molecule has 1 aliphatic heterocycles. The van der Waals surface area contributed by atoms with Crippen molar-refractivity contribution in [3.05, 3.63) is 36.0 Å². The van der Waals surface area contributed by atoms with E-state index in [2.05, 4.69) is 15.2 Å². The van der Waals surface area contributed by atoms with E-state index in [0.717, 1.165) is 18.7 Å². The highest BCUT2D eigenvalue weighted by molar-refractivity contribution is 5.96. The minimum Gasteiger partial charge on any atom is -0.480 e. The molecule has 0 aromatic carbocycles. The molecule has 1 atom stereocenters. The van der Waals surface area contributed by atoms with Crippen LogP contribution in [-0.2, 0) is 0 Å². The summed E-state index contributed by atoms with van der Waals surface area (Å²) >= 11 is 0. The Morgan fingerprint density at radius 1 is 1.27 bits per heavy atom. The van der Waals surface area contributed by atoms with Crippen LogP contribution in [0, 0.1) is 0 Å². The molecule has 2 aromatic rings. The van der Waals surface area contributed by atoms with Crippen molar-refractivity contribution in [1.29, 1.82) is 0 Å². The van der Waals surface area contributed by atoms with Gasteiger partial charge < -0.3 is 19.3 Å². The lowest BCUT2D eigenvalue weighted by atomic mass is 10.1. The van der Waals surface area contributed by atoms with Gasteiger partial charge in [0.25, 0.3) is 5.91 Å². The Labute approximate surface area is 152 Å². The average molecular weight is 357 g/mol. The van der Waals surface area contributed by atoms with Gasteiger partial charge in [-0.15, -0.1) is 10.2 Å². The number of nitrogens with zero attached hydrogens (tertiary/aromatic N) is 5. The summed E-state index contributed by atoms with van der Waals surface area (Å²) in [5.74, 6) is 1.47. The number of methoxy groups -OCH3 is 1. The molecule has 26 heavy (non-hydrogen) atoms. The van der Waals surface area contributed by atoms with Crippen LogP contribution < -0.4 is 14.4 Å². The summed E-state index contributed by atoms with van der Waals surface area (Å²) in [5.41, 5.74) is 0.464. The number of carbonyl (C=O) groups excluding carboxylic acids is 1. The van der Waals surface area contributed by atoms with E-state index in [9.17, 15) is 4.79 Å². The number of rotatable bonds is 5. The van der Waals surface area contributed by atoms with Gasteiger partial charge in [-0.3, -0.25) is 4.79 Å². The average Bonchev–Trinajstić information content (AvgIpc) is 2.68. The quantitative estimate of drug-likeness (QED) is 0.804. The van der Waals surface area contributed by atoms with E-state index >= 15 is 0 Å². The molecule has 3 heterocycles. The van der Waals surface area contributed by atoms with Gasteiger partial charge in [-0.05, 0) is 31.0 Å². The minimum atomic E-state index is -0.116. The van der Waals surface area contributed by atoms with E-state index < -0.39 is 0 Å². The van der Waals surface area contributed by atoms with Crippen LogP contribution >= 0.6 is 0 Å². The first-order chi connectivity index (χ1) is 12.6. The van der Waals surface area contributed by atoms with E-state index in [-0.39, 0.29) is 12.0 Å². The summed E-state index contributed by atoms with van der Waals surface area (Å²) in [6.45, 7) is 1.18. The molecule has 1 aliphatic rings. The van der Waals surface area contributed by atoms with E-state index in [1.165, 1.54) is 7.11 Å². The first kappa shape index (κ1) is 17.9. The second-order valence-corrected chi connectivity index (χ2v) is 6.32. The van der Waals surface area contributed by atoms with Crippen LogP contribution in [0.2, 0.25) is 0 Å². The molecule has 1 unspecified atom stereocenters. The molecule has 0 spiro atoms. The normalized spacial score (nSPS) is 16.9. The van der Waals surface area contributed by atoms with Crippen LogP contribution in [0.15, 0.2) is 30.5 Å².